The van der Waals surface area contributed by atoms with Gasteiger partial charge in [0.1, 0.15) is 11.5 Å². The van der Waals surface area contributed by atoms with Gasteiger partial charge in [0.05, 0.1) is 11.7 Å². The van der Waals surface area contributed by atoms with Crippen LogP contribution in [0.2, 0.25) is 0 Å². The summed E-state index contributed by atoms with van der Waals surface area (Å²) in [6, 6.07) is 8.03. The molecule has 1 unspecified atom stereocenters. The summed E-state index contributed by atoms with van der Waals surface area (Å²) in [7, 11) is 0. The van der Waals surface area contributed by atoms with Gasteiger partial charge in [-0.05, 0) is 24.0 Å². The van der Waals surface area contributed by atoms with Crippen molar-refractivity contribution in [3.63, 3.8) is 0 Å². The molecule has 0 radical (unpaired) electrons. The molecule has 0 aliphatic heterocycles. The minimum Gasteiger partial charge on any atom is -0.404 e. The lowest BCUT2D eigenvalue weighted by molar-refractivity contribution is 0.350. The van der Waals surface area contributed by atoms with Crippen molar-refractivity contribution in [1.82, 2.24) is 20.1 Å². The van der Waals surface area contributed by atoms with Gasteiger partial charge in [0.15, 0.2) is 5.82 Å². The van der Waals surface area contributed by atoms with E-state index in [2.05, 4.69) is 52.5 Å². The number of aliphatic imine (C=N–C) groups is 1. The highest BCUT2D eigenvalue weighted by Crippen LogP contribution is 2.38. The highest BCUT2D eigenvalue weighted by molar-refractivity contribution is 6.09. The molecule has 0 aliphatic rings. The number of nitrogens with one attached hydrogen (secondary N) is 1. The molecule has 2 heterocycles. The summed E-state index contributed by atoms with van der Waals surface area (Å²) in [6.07, 6.45) is 6.37. The minimum atomic E-state index is -0.456. The normalized spacial score (nSPS) is 14.4. The van der Waals surface area contributed by atoms with Gasteiger partial charge in [0, 0.05) is 24.2 Å². The summed E-state index contributed by atoms with van der Waals surface area (Å²) in [4.78, 5) is 15.7. The Bertz CT molecular complexity index is 1030. The maximum atomic E-state index is 5.74. The maximum absolute atomic E-state index is 5.74. The zero-order valence-corrected chi connectivity index (χ0v) is 16.8. The first-order chi connectivity index (χ1) is 13.9. The van der Waals surface area contributed by atoms with E-state index in [9.17, 15) is 0 Å². The summed E-state index contributed by atoms with van der Waals surface area (Å²) in [5, 5.41) is 4.25. The quantitative estimate of drug-likeness (QED) is 0.530. The molecule has 0 fully saturated rings. The van der Waals surface area contributed by atoms with Crippen molar-refractivity contribution >= 4 is 11.8 Å². The van der Waals surface area contributed by atoms with Crippen molar-refractivity contribution in [2.24, 2.45) is 22.4 Å². The Balaban J connectivity index is 1.96. The maximum Gasteiger partial charge on any atom is 0.278 e. The molecule has 3 aromatic rings. The second-order valence-electron chi connectivity index (χ2n) is 7.18. The Morgan fingerprint density at radius 1 is 1.31 bits per heavy atom. The number of benzene rings is 1. The first kappa shape index (κ1) is 20.1. The first-order valence-corrected chi connectivity index (χ1v) is 9.20. The van der Waals surface area contributed by atoms with E-state index in [4.69, 9.17) is 16.0 Å². The van der Waals surface area contributed by atoms with Crippen molar-refractivity contribution < 1.29 is 4.52 Å². The molecule has 1 atom stereocenters. The van der Waals surface area contributed by atoms with Crippen molar-refractivity contribution in [2.45, 2.75) is 26.2 Å². The molecule has 0 saturated heterocycles. The van der Waals surface area contributed by atoms with E-state index in [1.54, 1.807) is 18.7 Å². The van der Waals surface area contributed by atoms with Crippen molar-refractivity contribution in [3.05, 3.63) is 72.3 Å². The minimum absolute atomic E-state index is 0.213. The van der Waals surface area contributed by atoms with Crippen LogP contribution in [0.5, 0.6) is 0 Å². The lowest BCUT2D eigenvalue weighted by Crippen LogP contribution is -2.31. The summed E-state index contributed by atoms with van der Waals surface area (Å²) in [5.74, 6) is 1.42. The van der Waals surface area contributed by atoms with Crippen LogP contribution in [0.15, 0.2) is 64.9 Å². The number of imidazole rings is 1. The van der Waals surface area contributed by atoms with E-state index < -0.39 is 5.41 Å². The molecular weight excluding hydrogens is 366 g/mol. The number of hydrogen-bond donors (Lipinski definition) is 3. The SMILES string of the molecule is C=C(N)/N=C\C(=C/N)c1ccc(C(C)(c2noc(-c3c[nH]cn3)n2)C(C)C)cc1. The van der Waals surface area contributed by atoms with E-state index in [1.807, 2.05) is 24.3 Å². The van der Waals surface area contributed by atoms with Gasteiger partial charge in [0.25, 0.3) is 5.89 Å². The Kier molecular flexibility index (Phi) is 5.63. The number of aromatic nitrogens is 4. The van der Waals surface area contributed by atoms with Crippen LogP contribution in [0.25, 0.3) is 17.2 Å². The molecule has 29 heavy (non-hydrogen) atoms. The highest BCUT2D eigenvalue weighted by atomic mass is 16.5. The van der Waals surface area contributed by atoms with E-state index in [0.29, 0.717) is 17.4 Å². The second-order valence-corrected chi connectivity index (χ2v) is 7.18. The van der Waals surface area contributed by atoms with E-state index >= 15 is 0 Å². The fourth-order valence-electron chi connectivity index (χ4n) is 3.01. The number of aromatic amines is 1. The number of nitrogens with two attached hydrogens (primary N) is 2. The van der Waals surface area contributed by atoms with Gasteiger partial charge in [-0.1, -0.05) is 49.8 Å². The van der Waals surface area contributed by atoms with E-state index in [0.717, 1.165) is 16.7 Å². The number of hydrogen-bond acceptors (Lipinski definition) is 7. The van der Waals surface area contributed by atoms with Gasteiger partial charge in [0.2, 0.25) is 0 Å². The third-order valence-corrected chi connectivity index (χ3v) is 5.13. The predicted octanol–water partition coefficient (Wildman–Crippen LogP) is 3.22. The monoisotopic (exact) mass is 391 g/mol. The number of H-pyrrole nitrogens is 1. The zero-order valence-electron chi connectivity index (χ0n) is 16.8. The largest absolute Gasteiger partial charge is 0.404 e. The molecule has 3 rings (SSSR count). The number of rotatable bonds is 7. The van der Waals surface area contributed by atoms with Crippen LogP contribution in [-0.4, -0.2) is 26.3 Å². The van der Waals surface area contributed by atoms with Crippen molar-refractivity contribution in [2.75, 3.05) is 0 Å². The second kappa shape index (κ2) is 8.14. The summed E-state index contributed by atoms with van der Waals surface area (Å²) in [6.45, 7) is 9.92. The third-order valence-electron chi connectivity index (χ3n) is 5.13. The van der Waals surface area contributed by atoms with Crippen LogP contribution in [0.1, 0.15) is 37.7 Å². The lowest BCUT2D eigenvalue weighted by Gasteiger charge is -2.31. The Hall–Kier alpha value is -3.68. The molecule has 0 spiro atoms. The van der Waals surface area contributed by atoms with Crippen LogP contribution in [0.4, 0.5) is 0 Å². The lowest BCUT2D eigenvalue weighted by atomic mass is 9.72. The fourth-order valence-corrected chi connectivity index (χ4v) is 3.01. The van der Waals surface area contributed by atoms with Gasteiger partial charge in [-0.2, -0.15) is 4.98 Å². The van der Waals surface area contributed by atoms with Gasteiger partial charge in [-0.3, -0.25) is 0 Å². The molecule has 150 valence electrons. The third kappa shape index (κ3) is 3.96. The van der Waals surface area contributed by atoms with Crippen molar-refractivity contribution in [3.8, 4) is 11.6 Å². The topological polar surface area (TPSA) is 132 Å². The average molecular weight is 391 g/mol. The van der Waals surface area contributed by atoms with E-state index in [1.165, 1.54) is 6.20 Å². The number of nitrogens with zero attached hydrogens (tertiary/aromatic N) is 4. The zero-order chi connectivity index (χ0) is 21.0. The Morgan fingerprint density at radius 3 is 2.59 bits per heavy atom. The molecule has 0 aliphatic carbocycles. The summed E-state index contributed by atoms with van der Waals surface area (Å²) in [5.41, 5.74) is 14.1. The molecule has 8 heteroatoms. The van der Waals surface area contributed by atoms with E-state index in [-0.39, 0.29) is 11.7 Å². The van der Waals surface area contributed by atoms with Crippen LogP contribution in [0, 0.1) is 5.92 Å². The van der Waals surface area contributed by atoms with Crippen LogP contribution in [0.3, 0.4) is 0 Å². The van der Waals surface area contributed by atoms with Gasteiger partial charge < -0.3 is 21.0 Å². The molecule has 0 amide bonds. The van der Waals surface area contributed by atoms with Gasteiger partial charge in [-0.15, -0.1) is 0 Å². The predicted molar refractivity (Wildman–Crippen MR) is 114 cm³/mol. The molecule has 0 saturated carbocycles. The fraction of sp³-hybridized carbons (Fsp3) is 0.238. The average Bonchev–Trinajstić information content (AvgIpc) is 3.39. The molecule has 0 bridgehead atoms. The number of allylic oxidation sites excluding steroid dienone is 1. The standard InChI is InChI=1S/C21H25N7O/c1-13(2)21(4,20-27-19(29-28-20)18-11-24-12-26-18)17-7-5-15(6-8-17)16(9-22)10-25-14(3)23/h5-13H,3,22-23H2,1-2,4H3,(H,24,26)/b16-9+,25-10-. The summed E-state index contributed by atoms with van der Waals surface area (Å²) >= 11 is 0. The van der Waals surface area contributed by atoms with Crippen LogP contribution in [-0.2, 0) is 5.41 Å². The first-order valence-electron chi connectivity index (χ1n) is 9.20. The van der Waals surface area contributed by atoms with Gasteiger partial charge in [-0.25, -0.2) is 9.98 Å². The molecule has 2 aromatic heterocycles. The van der Waals surface area contributed by atoms with Crippen molar-refractivity contribution in [1.29, 1.82) is 0 Å². The Labute approximate surface area is 169 Å². The smallest absolute Gasteiger partial charge is 0.278 e. The Morgan fingerprint density at radius 2 is 2.03 bits per heavy atom. The molecule has 8 nitrogen and oxygen atoms in total. The summed E-state index contributed by atoms with van der Waals surface area (Å²) < 4.78 is 5.45. The van der Waals surface area contributed by atoms with Crippen LogP contribution >= 0.6 is 0 Å². The molecular formula is C21H25N7O. The molecule has 1 aromatic carbocycles. The molecule has 5 N–H and O–H groups in total. The van der Waals surface area contributed by atoms with Gasteiger partial charge >= 0.3 is 0 Å². The van der Waals surface area contributed by atoms with Crippen LogP contribution < -0.4 is 11.5 Å². The highest BCUT2D eigenvalue weighted by Gasteiger charge is 2.37.